The van der Waals surface area contributed by atoms with Crippen molar-refractivity contribution in [3.63, 3.8) is 0 Å². The van der Waals surface area contributed by atoms with Crippen molar-refractivity contribution >= 4 is 10.8 Å². The molecule has 0 aliphatic heterocycles. The number of pyridine rings is 1. The molecule has 2 aromatic rings. The summed E-state index contributed by atoms with van der Waals surface area (Å²) in [5.74, 6) is 0. The molecule has 19 heavy (non-hydrogen) atoms. The fourth-order valence-corrected chi connectivity index (χ4v) is 2.54. The second kappa shape index (κ2) is 5.27. The lowest BCUT2D eigenvalue weighted by Crippen LogP contribution is -2.48. The van der Waals surface area contributed by atoms with Crippen molar-refractivity contribution in [3.8, 4) is 0 Å². The minimum atomic E-state index is 0.0128. The van der Waals surface area contributed by atoms with Gasteiger partial charge in [0.25, 0.3) is 0 Å². The van der Waals surface area contributed by atoms with Crippen molar-refractivity contribution in [1.29, 1.82) is 0 Å². The summed E-state index contributed by atoms with van der Waals surface area (Å²) < 4.78 is 0. The van der Waals surface area contributed by atoms with Gasteiger partial charge in [-0.15, -0.1) is 0 Å². The van der Waals surface area contributed by atoms with Gasteiger partial charge >= 0.3 is 0 Å². The third-order valence-corrected chi connectivity index (χ3v) is 4.18. The first kappa shape index (κ1) is 14.0. The zero-order valence-corrected chi connectivity index (χ0v) is 12.4. The van der Waals surface area contributed by atoms with Crippen LogP contribution in [0, 0.1) is 0 Å². The van der Waals surface area contributed by atoms with Gasteiger partial charge in [-0.1, -0.05) is 18.2 Å². The maximum Gasteiger partial charge on any atom is 0.0505 e. The molecule has 0 radical (unpaired) electrons. The molecule has 0 saturated carbocycles. The van der Waals surface area contributed by atoms with E-state index in [9.17, 15) is 0 Å². The largest absolute Gasteiger partial charge is 0.311 e. The molecular weight excluding hydrogens is 234 g/mol. The standard InChI is InChI=1S/C16H23N3/c1-16(2,19(4)5)15(17-3)13-8-6-7-12-9-10-18-11-14(12)13/h6-11,15,17H,1-5H3. The van der Waals surface area contributed by atoms with E-state index in [4.69, 9.17) is 0 Å². The average Bonchev–Trinajstić information content (AvgIpc) is 2.39. The Morgan fingerprint density at radius 1 is 1.21 bits per heavy atom. The predicted molar refractivity (Wildman–Crippen MR) is 81.3 cm³/mol. The topological polar surface area (TPSA) is 28.2 Å². The normalized spacial score (nSPS) is 14.0. The van der Waals surface area contributed by atoms with Gasteiger partial charge in [0.2, 0.25) is 0 Å². The molecule has 0 aliphatic carbocycles. The van der Waals surface area contributed by atoms with Crippen LogP contribution in [0.5, 0.6) is 0 Å². The fraction of sp³-hybridized carbons (Fsp3) is 0.438. The van der Waals surface area contributed by atoms with E-state index in [1.54, 1.807) is 0 Å². The van der Waals surface area contributed by atoms with E-state index < -0.39 is 0 Å². The van der Waals surface area contributed by atoms with Gasteiger partial charge in [0.1, 0.15) is 0 Å². The van der Waals surface area contributed by atoms with Gasteiger partial charge in [0.15, 0.2) is 0 Å². The van der Waals surface area contributed by atoms with Crippen LogP contribution in [0.15, 0.2) is 36.7 Å². The van der Waals surface area contributed by atoms with Gasteiger partial charge in [-0.2, -0.15) is 0 Å². The van der Waals surface area contributed by atoms with Gasteiger partial charge in [0, 0.05) is 23.3 Å². The molecule has 0 spiro atoms. The third kappa shape index (κ3) is 2.48. The number of benzene rings is 1. The van der Waals surface area contributed by atoms with Crippen LogP contribution < -0.4 is 5.32 Å². The summed E-state index contributed by atoms with van der Waals surface area (Å²) in [6, 6.07) is 8.75. The zero-order chi connectivity index (χ0) is 14.0. The SMILES string of the molecule is CNC(c1cccc2ccncc12)C(C)(C)N(C)C. The van der Waals surface area contributed by atoms with E-state index in [-0.39, 0.29) is 11.6 Å². The van der Waals surface area contributed by atoms with Crippen LogP contribution >= 0.6 is 0 Å². The highest BCUT2D eigenvalue weighted by molar-refractivity contribution is 5.85. The first-order chi connectivity index (χ1) is 8.98. The molecule has 1 aromatic carbocycles. The average molecular weight is 257 g/mol. The number of hydrogen-bond acceptors (Lipinski definition) is 3. The second-order valence-corrected chi connectivity index (χ2v) is 5.71. The number of fused-ring (bicyclic) bond motifs is 1. The minimum absolute atomic E-state index is 0.0128. The van der Waals surface area contributed by atoms with E-state index in [1.807, 2.05) is 19.4 Å². The monoisotopic (exact) mass is 257 g/mol. The van der Waals surface area contributed by atoms with Crippen LogP contribution in [-0.2, 0) is 0 Å². The van der Waals surface area contributed by atoms with E-state index in [0.717, 1.165) is 0 Å². The highest BCUT2D eigenvalue weighted by Crippen LogP contribution is 2.33. The molecule has 1 heterocycles. The van der Waals surface area contributed by atoms with Crippen LogP contribution in [0.25, 0.3) is 10.8 Å². The van der Waals surface area contributed by atoms with Gasteiger partial charge in [-0.25, -0.2) is 0 Å². The lowest BCUT2D eigenvalue weighted by atomic mass is 9.85. The molecule has 0 bridgehead atoms. The van der Waals surface area contributed by atoms with Gasteiger partial charge in [0.05, 0.1) is 6.04 Å². The third-order valence-electron chi connectivity index (χ3n) is 4.18. The molecule has 0 aliphatic rings. The van der Waals surface area contributed by atoms with E-state index in [1.165, 1.54) is 16.3 Å². The summed E-state index contributed by atoms with van der Waals surface area (Å²) in [4.78, 5) is 6.53. The number of aromatic nitrogens is 1. The van der Waals surface area contributed by atoms with E-state index >= 15 is 0 Å². The number of nitrogens with one attached hydrogen (secondary N) is 1. The fourth-order valence-electron chi connectivity index (χ4n) is 2.54. The molecule has 102 valence electrons. The maximum atomic E-state index is 4.28. The van der Waals surface area contributed by atoms with Crippen LogP contribution in [0.4, 0.5) is 0 Å². The Hall–Kier alpha value is -1.45. The quantitative estimate of drug-likeness (QED) is 0.913. The summed E-state index contributed by atoms with van der Waals surface area (Å²) >= 11 is 0. The zero-order valence-electron chi connectivity index (χ0n) is 12.4. The lowest BCUT2D eigenvalue weighted by Gasteiger charge is -2.40. The Morgan fingerprint density at radius 2 is 1.95 bits per heavy atom. The molecule has 0 fully saturated rings. The summed E-state index contributed by atoms with van der Waals surface area (Å²) in [6.07, 6.45) is 3.80. The number of rotatable bonds is 4. The first-order valence-corrected chi connectivity index (χ1v) is 6.66. The highest BCUT2D eigenvalue weighted by Gasteiger charge is 2.32. The van der Waals surface area contributed by atoms with Crippen LogP contribution in [0.2, 0.25) is 0 Å². The van der Waals surface area contributed by atoms with Gasteiger partial charge in [-0.3, -0.25) is 4.98 Å². The van der Waals surface area contributed by atoms with Crippen molar-refractivity contribution in [2.75, 3.05) is 21.1 Å². The number of hydrogen-bond donors (Lipinski definition) is 1. The van der Waals surface area contributed by atoms with Gasteiger partial charge < -0.3 is 10.2 Å². The molecule has 0 saturated heterocycles. The summed E-state index contributed by atoms with van der Waals surface area (Å²) in [5, 5.41) is 5.92. The van der Waals surface area contributed by atoms with Crippen LogP contribution in [0.3, 0.4) is 0 Å². The number of likely N-dealkylation sites (N-methyl/N-ethyl adjacent to an activating group) is 2. The predicted octanol–water partition coefficient (Wildman–Crippen LogP) is 2.84. The van der Waals surface area contributed by atoms with E-state index in [2.05, 4.69) is 67.4 Å². The minimum Gasteiger partial charge on any atom is -0.311 e. The van der Waals surface area contributed by atoms with Crippen LogP contribution in [0.1, 0.15) is 25.5 Å². The molecule has 3 heteroatoms. The first-order valence-electron chi connectivity index (χ1n) is 6.66. The second-order valence-electron chi connectivity index (χ2n) is 5.71. The molecule has 1 aromatic heterocycles. The summed E-state index contributed by atoms with van der Waals surface area (Å²) in [5.41, 5.74) is 1.31. The summed E-state index contributed by atoms with van der Waals surface area (Å²) in [7, 11) is 6.26. The molecular formula is C16H23N3. The van der Waals surface area contributed by atoms with Crippen molar-refractivity contribution in [3.05, 3.63) is 42.2 Å². The number of nitrogens with zero attached hydrogens (tertiary/aromatic N) is 2. The Balaban J connectivity index is 2.59. The molecule has 0 amide bonds. The Bertz CT molecular complexity index is 555. The molecule has 2 rings (SSSR count). The molecule has 1 atom stereocenters. The maximum absolute atomic E-state index is 4.28. The molecule has 1 unspecified atom stereocenters. The van der Waals surface area contributed by atoms with Crippen molar-refractivity contribution in [2.45, 2.75) is 25.4 Å². The molecule has 1 N–H and O–H groups in total. The van der Waals surface area contributed by atoms with Crippen molar-refractivity contribution in [2.24, 2.45) is 0 Å². The van der Waals surface area contributed by atoms with E-state index in [0.29, 0.717) is 0 Å². The van der Waals surface area contributed by atoms with Crippen molar-refractivity contribution < 1.29 is 0 Å². The Labute approximate surface area is 115 Å². The van der Waals surface area contributed by atoms with Gasteiger partial charge in [-0.05, 0) is 52.0 Å². The molecule has 3 nitrogen and oxygen atoms in total. The van der Waals surface area contributed by atoms with Crippen LogP contribution in [-0.4, -0.2) is 36.6 Å². The van der Waals surface area contributed by atoms with Crippen molar-refractivity contribution in [1.82, 2.24) is 15.2 Å². The smallest absolute Gasteiger partial charge is 0.0505 e. The Morgan fingerprint density at radius 3 is 2.58 bits per heavy atom. The highest BCUT2D eigenvalue weighted by atomic mass is 15.2. The lowest BCUT2D eigenvalue weighted by molar-refractivity contribution is 0.143. The Kier molecular flexibility index (Phi) is 3.88. The summed E-state index contributed by atoms with van der Waals surface area (Å²) in [6.45, 7) is 4.51.